The van der Waals surface area contributed by atoms with Crippen LogP contribution >= 0.6 is 0 Å². The lowest BCUT2D eigenvalue weighted by atomic mass is 10.3. The Morgan fingerprint density at radius 2 is 2.44 bits per heavy atom. The maximum atomic E-state index is 12.0. The summed E-state index contributed by atoms with van der Waals surface area (Å²) in [7, 11) is 0. The Morgan fingerprint density at radius 3 is 2.67 bits per heavy atom. The Balaban J connectivity index is 2.71. The van der Waals surface area contributed by atoms with Crippen LogP contribution in [0.25, 0.3) is 0 Å². The Labute approximate surface area is 50.1 Å². The van der Waals surface area contributed by atoms with Crippen molar-refractivity contribution in [2.75, 3.05) is 6.61 Å². The largest absolute Gasteiger partial charge is 0.484 e. The summed E-state index contributed by atoms with van der Waals surface area (Å²) < 4.78 is 28.3. The predicted molar refractivity (Wildman–Crippen MR) is 25.0 cm³/mol. The third-order valence-electron chi connectivity index (χ3n) is 0.901. The predicted octanol–water partition coefficient (Wildman–Crippen LogP) is 0.735. The molecular formula is C5H4F2O2. The zero-order valence-corrected chi connectivity index (χ0v) is 4.43. The molecule has 0 fully saturated rings. The van der Waals surface area contributed by atoms with Gasteiger partial charge in [0.25, 0.3) is 0 Å². The minimum Gasteiger partial charge on any atom is -0.484 e. The van der Waals surface area contributed by atoms with E-state index in [4.69, 9.17) is 0 Å². The van der Waals surface area contributed by atoms with Gasteiger partial charge in [-0.1, -0.05) is 0 Å². The first-order valence-corrected chi connectivity index (χ1v) is 2.33. The molecule has 0 aromatic rings. The summed E-state index contributed by atoms with van der Waals surface area (Å²) in [5, 5.41) is 0. The first-order valence-electron chi connectivity index (χ1n) is 2.33. The van der Waals surface area contributed by atoms with Crippen molar-refractivity contribution in [3.05, 3.63) is 11.8 Å². The second-order valence-corrected chi connectivity index (χ2v) is 1.71. The molecule has 0 N–H and O–H groups in total. The molecule has 0 unspecified atom stereocenters. The van der Waals surface area contributed by atoms with Gasteiger partial charge in [-0.25, -0.2) is 0 Å². The highest BCUT2D eigenvalue weighted by molar-refractivity contribution is 5.71. The molecule has 0 radical (unpaired) electrons. The Morgan fingerprint density at radius 1 is 1.78 bits per heavy atom. The van der Waals surface area contributed by atoms with Crippen molar-refractivity contribution < 1.29 is 18.3 Å². The molecule has 1 aliphatic heterocycles. The van der Waals surface area contributed by atoms with E-state index >= 15 is 0 Å². The summed E-state index contributed by atoms with van der Waals surface area (Å²) in [6.45, 7) is -0.707. The molecule has 1 rings (SSSR count). The Kier molecular flexibility index (Phi) is 1.23. The Bertz CT molecular complexity index is 162. The SMILES string of the molecule is O=CC1=CC(F)(F)CO1. The van der Waals surface area contributed by atoms with E-state index in [2.05, 4.69) is 4.74 Å². The van der Waals surface area contributed by atoms with Crippen molar-refractivity contribution in [2.24, 2.45) is 0 Å². The van der Waals surface area contributed by atoms with Crippen molar-refractivity contribution in [3.63, 3.8) is 0 Å². The fourth-order valence-electron chi connectivity index (χ4n) is 0.539. The molecule has 1 aliphatic rings. The molecule has 9 heavy (non-hydrogen) atoms. The molecule has 4 heteroatoms. The third kappa shape index (κ3) is 1.25. The number of carbonyl (C=O) groups excluding carboxylic acids is 1. The quantitative estimate of drug-likeness (QED) is 0.494. The lowest BCUT2D eigenvalue weighted by Gasteiger charge is -1.99. The van der Waals surface area contributed by atoms with E-state index in [9.17, 15) is 13.6 Å². The van der Waals surface area contributed by atoms with Crippen LogP contribution in [0.3, 0.4) is 0 Å². The van der Waals surface area contributed by atoms with Crippen LogP contribution in [0.4, 0.5) is 8.78 Å². The summed E-state index contributed by atoms with van der Waals surface area (Å²) in [6.07, 6.45) is 0.779. The lowest BCUT2D eigenvalue weighted by molar-refractivity contribution is -0.107. The van der Waals surface area contributed by atoms with Gasteiger partial charge < -0.3 is 4.74 Å². The smallest absolute Gasteiger partial charge is 0.303 e. The zero-order valence-electron chi connectivity index (χ0n) is 4.43. The standard InChI is InChI=1S/C5H4F2O2/c6-5(7)1-4(2-8)9-3-5/h1-2H,3H2. The molecule has 0 aromatic carbocycles. The average molecular weight is 134 g/mol. The van der Waals surface area contributed by atoms with E-state index in [0.29, 0.717) is 6.08 Å². The molecule has 0 aromatic heterocycles. The van der Waals surface area contributed by atoms with E-state index in [-0.39, 0.29) is 12.0 Å². The van der Waals surface area contributed by atoms with Crippen LogP contribution in [0, 0.1) is 0 Å². The van der Waals surface area contributed by atoms with Gasteiger partial charge in [0.15, 0.2) is 18.7 Å². The van der Waals surface area contributed by atoms with Crippen LogP contribution < -0.4 is 0 Å². The molecule has 0 aliphatic carbocycles. The number of allylic oxidation sites excluding steroid dienone is 1. The highest BCUT2D eigenvalue weighted by Crippen LogP contribution is 2.24. The van der Waals surface area contributed by atoms with Crippen LogP contribution in [-0.2, 0) is 9.53 Å². The third-order valence-corrected chi connectivity index (χ3v) is 0.901. The molecule has 0 atom stereocenters. The van der Waals surface area contributed by atoms with Gasteiger partial charge in [-0.3, -0.25) is 4.79 Å². The molecular weight excluding hydrogens is 130 g/mol. The van der Waals surface area contributed by atoms with Gasteiger partial charge in [0, 0.05) is 6.08 Å². The van der Waals surface area contributed by atoms with E-state index < -0.39 is 12.5 Å². The van der Waals surface area contributed by atoms with Gasteiger partial charge in [0.2, 0.25) is 0 Å². The van der Waals surface area contributed by atoms with Gasteiger partial charge in [-0.05, 0) is 0 Å². The summed E-state index contributed by atoms with van der Waals surface area (Å²) in [6, 6.07) is 0. The van der Waals surface area contributed by atoms with E-state index in [1.807, 2.05) is 0 Å². The highest BCUT2D eigenvalue weighted by atomic mass is 19.3. The molecule has 0 bridgehead atoms. The number of alkyl halides is 2. The van der Waals surface area contributed by atoms with E-state index in [0.717, 1.165) is 0 Å². The van der Waals surface area contributed by atoms with Gasteiger partial charge in [0.1, 0.15) is 0 Å². The number of hydrogen-bond donors (Lipinski definition) is 0. The van der Waals surface area contributed by atoms with Gasteiger partial charge in [0.05, 0.1) is 0 Å². The monoisotopic (exact) mass is 134 g/mol. The fourth-order valence-corrected chi connectivity index (χ4v) is 0.539. The van der Waals surface area contributed by atoms with Crippen LogP contribution in [0.1, 0.15) is 0 Å². The van der Waals surface area contributed by atoms with Crippen LogP contribution in [0.5, 0.6) is 0 Å². The summed E-state index contributed by atoms with van der Waals surface area (Å²) in [4.78, 5) is 9.77. The molecule has 0 saturated heterocycles. The molecule has 0 saturated carbocycles. The Hall–Kier alpha value is -0.930. The van der Waals surface area contributed by atoms with Crippen LogP contribution in [-0.4, -0.2) is 18.8 Å². The minimum atomic E-state index is -2.95. The number of aldehydes is 1. The van der Waals surface area contributed by atoms with Crippen molar-refractivity contribution >= 4 is 6.29 Å². The van der Waals surface area contributed by atoms with Crippen molar-refractivity contribution in [2.45, 2.75) is 5.92 Å². The summed E-state index contributed by atoms with van der Waals surface area (Å²) >= 11 is 0. The molecule has 2 nitrogen and oxygen atoms in total. The summed E-state index contributed by atoms with van der Waals surface area (Å²) in [5.74, 6) is -3.23. The first kappa shape index (κ1) is 6.19. The number of carbonyl (C=O) groups is 1. The van der Waals surface area contributed by atoms with Crippen molar-refractivity contribution in [1.29, 1.82) is 0 Å². The van der Waals surface area contributed by atoms with E-state index in [1.165, 1.54) is 0 Å². The number of halogens is 2. The summed E-state index contributed by atoms with van der Waals surface area (Å²) in [5.41, 5.74) is 0. The topological polar surface area (TPSA) is 26.3 Å². The highest BCUT2D eigenvalue weighted by Gasteiger charge is 2.33. The van der Waals surface area contributed by atoms with Gasteiger partial charge >= 0.3 is 5.92 Å². The number of hydrogen-bond acceptors (Lipinski definition) is 2. The second-order valence-electron chi connectivity index (χ2n) is 1.71. The van der Waals surface area contributed by atoms with Crippen LogP contribution in [0.15, 0.2) is 11.8 Å². The van der Waals surface area contributed by atoms with Crippen LogP contribution in [0.2, 0.25) is 0 Å². The normalized spacial score (nSPS) is 22.7. The number of ether oxygens (including phenoxy) is 1. The number of rotatable bonds is 1. The maximum absolute atomic E-state index is 12.0. The van der Waals surface area contributed by atoms with Gasteiger partial charge in [-0.15, -0.1) is 0 Å². The lowest BCUT2D eigenvalue weighted by Crippen LogP contribution is -2.12. The zero-order chi connectivity index (χ0) is 6.91. The van der Waals surface area contributed by atoms with Gasteiger partial charge in [-0.2, -0.15) is 8.78 Å². The second kappa shape index (κ2) is 1.79. The molecule has 0 spiro atoms. The van der Waals surface area contributed by atoms with E-state index in [1.54, 1.807) is 0 Å². The molecule has 1 heterocycles. The average Bonchev–Trinajstić information content (AvgIpc) is 2.10. The van der Waals surface area contributed by atoms with Crippen molar-refractivity contribution in [1.82, 2.24) is 0 Å². The fraction of sp³-hybridized carbons (Fsp3) is 0.400. The van der Waals surface area contributed by atoms with Crippen molar-refractivity contribution in [3.8, 4) is 0 Å². The molecule has 50 valence electrons. The molecule has 0 amide bonds. The minimum absolute atomic E-state index is 0.265. The maximum Gasteiger partial charge on any atom is 0.303 e. The first-order chi connectivity index (χ1) is 4.14.